The van der Waals surface area contributed by atoms with Crippen molar-refractivity contribution >= 4 is 27.1 Å². The third-order valence-electron chi connectivity index (χ3n) is 5.41. The molecule has 2 heterocycles. The SMILES string of the molecule is c1cc2cc(N3NO[C@@]4(CC5CCC4CC5)N3)ccc2s1. The van der Waals surface area contributed by atoms with E-state index in [9.17, 15) is 0 Å². The summed E-state index contributed by atoms with van der Waals surface area (Å²) in [6.45, 7) is 0. The van der Waals surface area contributed by atoms with E-state index < -0.39 is 0 Å². The molecule has 0 amide bonds. The molecule has 4 fully saturated rings. The number of hydrogen-bond acceptors (Lipinski definition) is 5. The molecule has 6 rings (SSSR count). The molecule has 1 aliphatic heterocycles. The molecule has 2 N–H and O–H groups in total. The molecule has 1 spiro atoms. The van der Waals surface area contributed by atoms with Gasteiger partial charge in [-0.05, 0) is 73.1 Å². The number of rotatable bonds is 1. The maximum Gasteiger partial charge on any atom is 0.163 e. The fourth-order valence-electron chi connectivity index (χ4n) is 4.26. The molecule has 1 aromatic carbocycles. The van der Waals surface area contributed by atoms with E-state index in [0.29, 0.717) is 5.92 Å². The number of nitrogens with one attached hydrogen (secondary N) is 2. The first-order chi connectivity index (χ1) is 10.3. The fraction of sp³-hybridized carbons (Fsp3) is 0.500. The number of anilines is 1. The van der Waals surface area contributed by atoms with Gasteiger partial charge in [-0.15, -0.1) is 11.3 Å². The minimum Gasteiger partial charge on any atom is -0.257 e. The van der Waals surface area contributed by atoms with Crippen LogP contribution in [0.5, 0.6) is 0 Å². The monoisotopic (exact) mass is 301 g/mol. The van der Waals surface area contributed by atoms with Gasteiger partial charge in [-0.25, -0.2) is 5.12 Å². The highest BCUT2D eigenvalue weighted by atomic mass is 32.1. The first-order valence-electron chi connectivity index (χ1n) is 7.81. The van der Waals surface area contributed by atoms with E-state index in [-0.39, 0.29) is 5.72 Å². The third-order valence-corrected chi connectivity index (χ3v) is 6.31. The number of benzene rings is 1. The van der Waals surface area contributed by atoms with Gasteiger partial charge in [0.2, 0.25) is 0 Å². The van der Waals surface area contributed by atoms with Gasteiger partial charge in [0.15, 0.2) is 5.72 Å². The van der Waals surface area contributed by atoms with Crippen molar-refractivity contribution in [3.63, 3.8) is 0 Å². The summed E-state index contributed by atoms with van der Waals surface area (Å²) in [7, 11) is 0. The minimum atomic E-state index is -0.190. The van der Waals surface area contributed by atoms with Crippen LogP contribution >= 0.6 is 11.3 Å². The number of hydrogen-bond donors (Lipinski definition) is 2. The molecule has 3 saturated carbocycles. The topological polar surface area (TPSA) is 36.5 Å². The van der Waals surface area contributed by atoms with E-state index in [1.54, 1.807) is 11.3 Å². The van der Waals surface area contributed by atoms with Crippen LogP contribution in [0.2, 0.25) is 0 Å². The summed E-state index contributed by atoms with van der Waals surface area (Å²) in [6.07, 6.45) is 6.45. The zero-order valence-corrected chi connectivity index (χ0v) is 12.7. The molecule has 0 radical (unpaired) electrons. The van der Waals surface area contributed by atoms with Crippen LogP contribution in [0, 0.1) is 11.8 Å². The van der Waals surface area contributed by atoms with E-state index in [0.717, 1.165) is 18.0 Å². The number of thiophene rings is 1. The van der Waals surface area contributed by atoms with Crippen LogP contribution in [-0.2, 0) is 4.84 Å². The van der Waals surface area contributed by atoms with Gasteiger partial charge in [0.05, 0.1) is 5.69 Å². The van der Waals surface area contributed by atoms with Gasteiger partial charge in [0, 0.05) is 10.6 Å². The van der Waals surface area contributed by atoms with Crippen LogP contribution in [-0.4, -0.2) is 5.72 Å². The van der Waals surface area contributed by atoms with Crippen molar-refractivity contribution in [1.82, 2.24) is 11.0 Å². The average molecular weight is 301 g/mol. The van der Waals surface area contributed by atoms with Gasteiger partial charge in [-0.3, -0.25) is 4.84 Å². The van der Waals surface area contributed by atoms with Crippen molar-refractivity contribution in [3.8, 4) is 0 Å². The molecule has 3 aliphatic carbocycles. The Morgan fingerprint density at radius 1 is 1.19 bits per heavy atom. The molecule has 4 aliphatic rings. The Balaban J connectivity index is 1.44. The minimum absolute atomic E-state index is 0.190. The highest BCUT2D eigenvalue weighted by molar-refractivity contribution is 7.17. The van der Waals surface area contributed by atoms with Gasteiger partial charge < -0.3 is 0 Å². The quantitative estimate of drug-likeness (QED) is 0.844. The zero-order valence-electron chi connectivity index (χ0n) is 11.8. The molecule has 1 aromatic heterocycles. The lowest BCUT2D eigenvalue weighted by atomic mass is 9.66. The van der Waals surface area contributed by atoms with Crippen LogP contribution < -0.4 is 16.1 Å². The molecule has 4 nitrogen and oxygen atoms in total. The lowest BCUT2D eigenvalue weighted by molar-refractivity contribution is -0.153. The van der Waals surface area contributed by atoms with Crippen molar-refractivity contribution in [2.24, 2.45) is 11.8 Å². The molecule has 21 heavy (non-hydrogen) atoms. The second-order valence-corrected chi connectivity index (χ2v) is 7.54. The van der Waals surface area contributed by atoms with Crippen molar-refractivity contribution in [1.29, 1.82) is 0 Å². The Kier molecular flexibility index (Phi) is 2.62. The Morgan fingerprint density at radius 3 is 2.90 bits per heavy atom. The molecule has 2 aromatic rings. The second-order valence-electron chi connectivity index (χ2n) is 6.59. The Hall–Kier alpha value is -1.14. The summed E-state index contributed by atoms with van der Waals surface area (Å²) >= 11 is 1.78. The number of fused-ring (bicyclic) bond motifs is 3. The summed E-state index contributed by atoms with van der Waals surface area (Å²) in [5, 5.41) is 5.38. The second kappa shape index (κ2) is 4.43. The van der Waals surface area contributed by atoms with E-state index >= 15 is 0 Å². The van der Waals surface area contributed by atoms with Crippen LogP contribution in [0.4, 0.5) is 5.69 Å². The molecule has 1 saturated heterocycles. The van der Waals surface area contributed by atoms with Crippen LogP contribution in [0.3, 0.4) is 0 Å². The summed E-state index contributed by atoms with van der Waals surface area (Å²) < 4.78 is 1.32. The van der Waals surface area contributed by atoms with Gasteiger partial charge in [0.1, 0.15) is 0 Å². The van der Waals surface area contributed by atoms with Gasteiger partial charge in [-0.1, -0.05) is 5.59 Å². The first kappa shape index (κ1) is 12.4. The predicted octanol–water partition coefficient (Wildman–Crippen LogP) is 3.57. The summed E-state index contributed by atoms with van der Waals surface area (Å²) in [4.78, 5) is 6.04. The van der Waals surface area contributed by atoms with Gasteiger partial charge in [0.25, 0.3) is 0 Å². The third kappa shape index (κ3) is 1.85. The summed E-state index contributed by atoms with van der Waals surface area (Å²) in [5.41, 5.74) is 7.64. The molecule has 2 bridgehead atoms. The normalized spacial score (nSPS) is 35.1. The Morgan fingerprint density at radius 2 is 2.10 bits per heavy atom. The molecule has 110 valence electrons. The van der Waals surface area contributed by atoms with E-state index in [1.165, 1.54) is 35.8 Å². The van der Waals surface area contributed by atoms with Crippen molar-refractivity contribution in [2.75, 3.05) is 5.12 Å². The predicted molar refractivity (Wildman–Crippen MR) is 84.5 cm³/mol. The molecule has 1 atom stereocenters. The van der Waals surface area contributed by atoms with E-state index in [4.69, 9.17) is 4.84 Å². The maximum absolute atomic E-state index is 6.04. The number of hydrazine groups is 2. The standard InChI is InChI=1S/C16H19N3OS/c1-3-13-4-2-11(1)10-16(13)17-19(18-20-16)14-5-6-15-12(9-14)7-8-21-15/h5-9,11,13,17-18H,1-4,10H2/t11?,13?,16-/m1/s1. The highest BCUT2D eigenvalue weighted by Gasteiger charge is 2.53. The largest absolute Gasteiger partial charge is 0.257 e. The smallest absolute Gasteiger partial charge is 0.163 e. The maximum atomic E-state index is 6.04. The van der Waals surface area contributed by atoms with Crippen molar-refractivity contribution < 1.29 is 4.84 Å². The van der Waals surface area contributed by atoms with E-state index in [1.807, 2.05) is 5.12 Å². The first-order valence-corrected chi connectivity index (χ1v) is 8.69. The van der Waals surface area contributed by atoms with Gasteiger partial charge >= 0.3 is 0 Å². The summed E-state index contributed by atoms with van der Waals surface area (Å²) in [5.74, 6) is 1.45. The molecule has 0 unspecified atom stereocenters. The highest BCUT2D eigenvalue weighted by Crippen LogP contribution is 2.49. The van der Waals surface area contributed by atoms with Crippen molar-refractivity contribution in [3.05, 3.63) is 29.6 Å². The Bertz CT molecular complexity index is 679. The Labute approximate surface area is 128 Å². The molecular formula is C16H19N3OS. The number of nitrogens with zero attached hydrogens (tertiary/aromatic N) is 1. The fourth-order valence-corrected chi connectivity index (χ4v) is 5.03. The average Bonchev–Trinajstić information content (AvgIpc) is 3.15. The van der Waals surface area contributed by atoms with Crippen molar-refractivity contribution in [2.45, 2.75) is 37.8 Å². The summed E-state index contributed by atoms with van der Waals surface area (Å²) in [6, 6.07) is 8.69. The zero-order chi connectivity index (χ0) is 13.9. The lowest BCUT2D eigenvalue weighted by Gasteiger charge is -2.47. The lowest BCUT2D eigenvalue weighted by Crippen LogP contribution is -2.57. The molecular weight excluding hydrogens is 282 g/mol. The molecule has 5 heteroatoms. The van der Waals surface area contributed by atoms with Gasteiger partial charge in [-0.2, -0.15) is 5.43 Å². The van der Waals surface area contributed by atoms with Crippen LogP contribution in [0.1, 0.15) is 32.1 Å². The van der Waals surface area contributed by atoms with E-state index in [2.05, 4.69) is 40.7 Å². The van der Waals surface area contributed by atoms with Crippen LogP contribution in [0.25, 0.3) is 10.1 Å². The van der Waals surface area contributed by atoms with Crippen LogP contribution in [0.15, 0.2) is 29.6 Å².